The number of piperazine rings is 1. The molecular formula is C30H38N4O. The molecule has 3 atom stereocenters. The van der Waals surface area contributed by atoms with Crippen molar-refractivity contribution in [2.75, 3.05) is 26.2 Å². The number of carbonyl (C=O) groups excluding carboxylic acids is 1. The van der Waals surface area contributed by atoms with Gasteiger partial charge in [-0.05, 0) is 68.7 Å². The third-order valence-electron chi connectivity index (χ3n) is 7.27. The molecule has 1 aliphatic heterocycles. The number of amides is 1. The Morgan fingerprint density at radius 2 is 1.51 bits per heavy atom. The lowest BCUT2D eigenvalue weighted by molar-refractivity contribution is 0.0195. The summed E-state index contributed by atoms with van der Waals surface area (Å²) in [7, 11) is 0. The van der Waals surface area contributed by atoms with Gasteiger partial charge in [-0.2, -0.15) is 0 Å². The lowest BCUT2D eigenvalue weighted by Crippen LogP contribution is -2.56. The zero-order valence-electron chi connectivity index (χ0n) is 21.5. The van der Waals surface area contributed by atoms with Crippen molar-refractivity contribution in [2.45, 2.75) is 52.4 Å². The van der Waals surface area contributed by atoms with Gasteiger partial charge < -0.3 is 4.90 Å². The van der Waals surface area contributed by atoms with E-state index in [4.69, 9.17) is 0 Å². The molecule has 0 aliphatic carbocycles. The van der Waals surface area contributed by atoms with Crippen molar-refractivity contribution in [3.05, 3.63) is 101 Å². The number of carbonyl (C=O) groups is 1. The van der Waals surface area contributed by atoms with E-state index in [2.05, 4.69) is 83.2 Å². The molecule has 1 unspecified atom stereocenters. The van der Waals surface area contributed by atoms with Gasteiger partial charge in [-0.3, -0.25) is 19.6 Å². The van der Waals surface area contributed by atoms with Crippen LogP contribution < -0.4 is 0 Å². The Hall–Kier alpha value is -3.02. The Labute approximate surface area is 210 Å². The average molecular weight is 471 g/mol. The molecule has 2 aromatic carbocycles. The fourth-order valence-electron chi connectivity index (χ4n) is 5.24. The summed E-state index contributed by atoms with van der Waals surface area (Å²) in [6, 6.07) is 24.2. The normalized spacial score (nSPS) is 19.9. The van der Waals surface area contributed by atoms with E-state index in [0.717, 1.165) is 38.3 Å². The number of nitrogens with zero attached hydrogens (tertiary/aromatic N) is 4. The number of rotatable bonds is 8. The first-order valence-corrected chi connectivity index (χ1v) is 12.8. The summed E-state index contributed by atoms with van der Waals surface area (Å²) in [5, 5.41) is 0. The Morgan fingerprint density at radius 3 is 2.14 bits per heavy atom. The number of benzene rings is 2. The molecule has 1 fully saturated rings. The molecule has 0 spiro atoms. The smallest absolute Gasteiger partial charge is 0.253 e. The number of pyridine rings is 1. The van der Waals surface area contributed by atoms with E-state index < -0.39 is 0 Å². The molecule has 35 heavy (non-hydrogen) atoms. The van der Waals surface area contributed by atoms with E-state index >= 15 is 0 Å². The van der Waals surface area contributed by atoms with Crippen molar-refractivity contribution < 1.29 is 4.79 Å². The van der Waals surface area contributed by atoms with Crippen molar-refractivity contribution in [3.8, 4) is 0 Å². The van der Waals surface area contributed by atoms with Crippen LogP contribution in [0.3, 0.4) is 0 Å². The quantitative estimate of drug-likeness (QED) is 0.451. The van der Waals surface area contributed by atoms with Crippen LogP contribution in [0, 0.1) is 0 Å². The maximum atomic E-state index is 12.8. The van der Waals surface area contributed by atoms with E-state index in [1.54, 1.807) is 0 Å². The fourth-order valence-corrected chi connectivity index (χ4v) is 5.24. The predicted octanol–water partition coefficient (Wildman–Crippen LogP) is 5.25. The molecule has 0 bridgehead atoms. The Morgan fingerprint density at radius 1 is 0.886 bits per heavy atom. The average Bonchev–Trinajstić information content (AvgIpc) is 2.89. The van der Waals surface area contributed by atoms with Crippen molar-refractivity contribution in [3.63, 3.8) is 0 Å². The molecule has 0 radical (unpaired) electrons. The molecule has 3 aromatic rings. The second-order valence-electron chi connectivity index (χ2n) is 9.59. The fraction of sp³-hybridized carbons (Fsp3) is 0.400. The summed E-state index contributed by atoms with van der Waals surface area (Å²) in [4.78, 5) is 24.1. The van der Waals surface area contributed by atoms with Crippen LogP contribution in [-0.2, 0) is 6.54 Å². The highest BCUT2D eigenvalue weighted by Crippen LogP contribution is 2.33. The Bertz CT molecular complexity index is 1070. The van der Waals surface area contributed by atoms with Crippen LogP contribution in [0.5, 0.6) is 0 Å². The van der Waals surface area contributed by atoms with Gasteiger partial charge in [-0.1, -0.05) is 42.5 Å². The number of hydrogen-bond acceptors (Lipinski definition) is 4. The first-order chi connectivity index (χ1) is 17.0. The van der Waals surface area contributed by atoms with E-state index in [1.807, 2.05) is 43.3 Å². The van der Waals surface area contributed by atoms with Crippen LogP contribution in [0.1, 0.15) is 60.8 Å². The molecule has 5 heteroatoms. The van der Waals surface area contributed by atoms with Gasteiger partial charge in [-0.15, -0.1) is 0 Å². The van der Waals surface area contributed by atoms with Gasteiger partial charge >= 0.3 is 0 Å². The van der Waals surface area contributed by atoms with Crippen molar-refractivity contribution >= 4 is 5.91 Å². The summed E-state index contributed by atoms with van der Waals surface area (Å²) >= 11 is 0. The zero-order chi connectivity index (χ0) is 24.8. The van der Waals surface area contributed by atoms with Crippen LogP contribution in [-0.4, -0.2) is 63.9 Å². The van der Waals surface area contributed by atoms with Gasteiger partial charge in [0.1, 0.15) is 0 Å². The molecule has 5 nitrogen and oxygen atoms in total. The topological polar surface area (TPSA) is 39.7 Å². The second kappa shape index (κ2) is 11.6. The minimum Gasteiger partial charge on any atom is -0.339 e. The minimum atomic E-state index is 0.101. The first kappa shape index (κ1) is 25.1. The molecular weight excluding hydrogens is 432 g/mol. The first-order valence-electron chi connectivity index (χ1n) is 12.8. The van der Waals surface area contributed by atoms with Crippen LogP contribution in [0.25, 0.3) is 0 Å². The van der Waals surface area contributed by atoms with Gasteiger partial charge in [0.2, 0.25) is 0 Å². The molecule has 0 saturated carbocycles. The van der Waals surface area contributed by atoms with Crippen molar-refractivity contribution in [1.82, 2.24) is 19.7 Å². The maximum Gasteiger partial charge on any atom is 0.253 e. The highest BCUT2D eigenvalue weighted by Gasteiger charge is 2.34. The van der Waals surface area contributed by atoms with Gasteiger partial charge in [0, 0.05) is 62.8 Å². The van der Waals surface area contributed by atoms with Crippen LogP contribution in [0.4, 0.5) is 0 Å². The van der Waals surface area contributed by atoms with Crippen molar-refractivity contribution in [2.24, 2.45) is 0 Å². The number of hydrogen-bond donors (Lipinski definition) is 0. The summed E-state index contributed by atoms with van der Waals surface area (Å²) in [6.45, 7) is 13.1. The van der Waals surface area contributed by atoms with Gasteiger partial charge in [0.15, 0.2) is 0 Å². The molecule has 2 heterocycles. The third kappa shape index (κ3) is 5.80. The van der Waals surface area contributed by atoms with E-state index in [0.29, 0.717) is 12.1 Å². The van der Waals surface area contributed by atoms with E-state index in [9.17, 15) is 4.79 Å². The third-order valence-corrected chi connectivity index (χ3v) is 7.27. The molecule has 4 rings (SSSR count). The molecule has 1 aromatic heterocycles. The summed E-state index contributed by atoms with van der Waals surface area (Å²) in [6.07, 6.45) is 3.75. The molecule has 1 saturated heterocycles. The lowest BCUT2D eigenvalue weighted by atomic mass is 9.93. The van der Waals surface area contributed by atoms with Gasteiger partial charge in [-0.25, -0.2) is 0 Å². The second-order valence-corrected chi connectivity index (χ2v) is 9.59. The maximum absolute atomic E-state index is 12.8. The molecule has 0 N–H and O–H groups in total. The SMILES string of the molecule is CCN(CC)C(=O)c1ccc(C(c2ccccc2)N2C[C@@H](C)N(Cc3ccncc3)C[C@@H]2C)cc1. The van der Waals surface area contributed by atoms with Gasteiger partial charge in [0.05, 0.1) is 6.04 Å². The molecule has 1 aliphatic rings. The van der Waals surface area contributed by atoms with Crippen molar-refractivity contribution in [1.29, 1.82) is 0 Å². The largest absolute Gasteiger partial charge is 0.339 e. The highest BCUT2D eigenvalue weighted by molar-refractivity contribution is 5.94. The Kier molecular flexibility index (Phi) is 8.32. The minimum absolute atomic E-state index is 0.101. The molecule has 184 valence electrons. The predicted molar refractivity (Wildman–Crippen MR) is 142 cm³/mol. The van der Waals surface area contributed by atoms with Crippen LogP contribution >= 0.6 is 0 Å². The summed E-state index contributed by atoms with van der Waals surface area (Å²) < 4.78 is 0. The molecule has 1 amide bonds. The number of aromatic nitrogens is 1. The lowest BCUT2D eigenvalue weighted by Gasteiger charge is -2.47. The summed E-state index contributed by atoms with van der Waals surface area (Å²) in [5.74, 6) is 0.101. The monoisotopic (exact) mass is 470 g/mol. The highest BCUT2D eigenvalue weighted by atomic mass is 16.2. The Balaban J connectivity index is 1.59. The van der Waals surface area contributed by atoms with Crippen LogP contribution in [0.15, 0.2) is 79.1 Å². The van der Waals surface area contributed by atoms with Gasteiger partial charge in [0.25, 0.3) is 5.91 Å². The zero-order valence-corrected chi connectivity index (χ0v) is 21.5. The summed E-state index contributed by atoms with van der Waals surface area (Å²) in [5.41, 5.74) is 4.58. The van der Waals surface area contributed by atoms with E-state index in [-0.39, 0.29) is 11.9 Å². The van der Waals surface area contributed by atoms with Crippen LogP contribution in [0.2, 0.25) is 0 Å². The van der Waals surface area contributed by atoms with E-state index in [1.165, 1.54) is 16.7 Å². The standard InChI is InChI=1S/C30H38N4O/c1-5-32(6-2)30(35)28-14-12-27(13-15-28)29(26-10-8-7-9-11-26)34-21-23(3)33(20-24(34)4)22-25-16-18-31-19-17-25/h7-19,23-24,29H,5-6,20-22H2,1-4H3/t23-,24+,29?/m1/s1.